The summed E-state index contributed by atoms with van der Waals surface area (Å²) in [6.45, 7) is 13.7. The van der Waals surface area contributed by atoms with Crippen LogP contribution in [0.5, 0.6) is 0 Å². The molecule has 0 aromatic heterocycles. The smallest absolute Gasteiger partial charge is 0.0682 e. The highest BCUT2D eigenvalue weighted by molar-refractivity contribution is 5.27. The summed E-state index contributed by atoms with van der Waals surface area (Å²) < 4.78 is 0. The van der Waals surface area contributed by atoms with E-state index in [1.165, 1.54) is 38.5 Å². The quantitative estimate of drug-likeness (QED) is 0.479. The van der Waals surface area contributed by atoms with Crippen LogP contribution < -0.4 is 0 Å². The second-order valence-electron chi connectivity index (χ2n) is 13.1. The molecule has 4 aliphatic rings. The Morgan fingerprint density at radius 3 is 2.50 bits per heavy atom. The van der Waals surface area contributed by atoms with Gasteiger partial charge in [0.05, 0.1) is 11.2 Å². The molecule has 0 amide bonds. The molecule has 2 N–H and O–H groups in total. The van der Waals surface area contributed by atoms with Crippen molar-refractivity contribution >= 4 is 0 Å². The Hall–Kier alpha value is -0.340. The molecule has 0 saturated heterocycles. The van der Waals surface area contributed by atoms with Crippen molar-refractivity contribution in [3.05, 3.63) is 11.6 Å². The lowest BCUT2D eigenvalue weighted by atomic mass is 9.46. The van der Waals surface area contributed by atoms with Gasteiger partial charge in [-0.3, -0.25) is 0 Å². The van der Waals surface area contributed by atoms with Gasteiger partial charge in [-0.15, -0.1) is 0 Å². The Morgan fingerprint density at radius 2 is 1.83 bits per heavy atom. The van der Waals surface area contributed by atoms with Crippen LogP contribution in [0.3, 0.4) is 0 Å². The fourth-order valence-corrected chi connectivity index (χ4v) is 8.77. The first-order valence-electron chi connectivity index (χ1n) is 13.1. The highest BCUT2D eigenvalue weighted by Gasteiger charge is 2.59. The van der Waals surface area contributed by atoms with Crippen LogP contribution in [0.25, 0.3) is 0 Å². The van der Waals surface area contributed by atoms with Gasteiger partial charge in [0, 0.05) is 0 Å². The third kappa shape index (κ3) is 3.72. The molecule has 8 atom stereocenters. The van der Waals surface area contributed by atoms with Gasteiger partial charge in [0.1, 0.15) is 0 Å². The van der Waals surface area contributed by atoms with Gasteiger partial charge >= 0.3 is 0 Å². The lowest BCUT2D eigenvalue weighted by Crippen LogP contribution is -2.52. The van der Waals surface area contributed by atoms with Crippen LogP contribution in [0, 0.1) is 40.4 Å². The summed E-state index contributed by atoms with van der Waals surface area (Å²) in [5.41, 5.74) is 1.42. The SMILES string of the molecule is CC[C@]1(O)CC[C@@]2(C)C(=CCC3C2CC[C@@]2(C)C3CC[C@@H]2C(C)CCC(C)(C)O)C1. The molecule has 0 aliphatic heterocycles. The second kappa shape index (κ2) is 7.62. The van der Waals surface area contributed by atoms with Crippen LogP contribution in [-0.4, -0.2) is 21.4 Å². The van der Waals surface area contributed by atoms with E-state index in [1.54, 1.807) is 5.57 Å². The fraction of sp³-hybridized carbons (Fsp3) is 0.929. The molecule has 172 valence electrons. The lowest BCUT2D eigenvalue weighted by Gasteiger charge is -2.59. The van der Waals surface area contributed by atoms with Crippen molar-refractivity contribution in [2.45, 2.75) is 123 Å². The molecule has 4 unspecified atom stereocenters. The van der Waals surface area contributed by atoms with Crippen molar-refractivity contribution in [1.82, 2.24) is 0 Å². The van der Waals surface area contributed by atoms with Gasteiger partial charge in [0.2, 0.25) is 0 Å². The van der Waals surface area contributed by atoms with E-state index in [0.29, 0.717) is 16.7 Å². The molecule has 0 aromatic rings. The first kappa shape index (κ1) is 22.8. The van der Waals surface area contributed by atoms with Crippen molar-refractivity contribution in [3.8, 4) is 0 Å². The molecule has 2 nitrogen and oxygen atoms in total. The molecule has 30 heavy (non-hydrogen) atoms. The van der Waals surface area contributed by atoms with Crippen LogP contribution in [0.2, 0.25) is 0 Å². The van der Waals surface area contributed by atoms with Gasteiger partial charge in [-0.05, 0) is 125 Å². The maximum atomic E-state index is 11.0. The molecule has 0 bridgehead atoms. The zero-order chi connectivity index (χ0) is 21.9. The number of hydrogen-bond donors (Lipinski definition) is 2. The van der Waals surface area contributed by atoms with Crippen molar-refractivity contribution in [3.63, 3.8) is 0 Å². The highest BCUT2D eigenvalue weighted by atomic mass is 16.3. The van der Waals surface area contributed by atoms with Gasteiger partial charge in [-0.25, -0.2) is 0 Å². The standard InChI is InChI=1S/C28H48O2/c1-7-28(30)17-16-26(5)20(18-28)8-9-21-23-11-10-22(19(2)12-14-25(3,4)29)27(23,6)15-13-24(21)26/h8,19,21-24,29-30H,7,9-18H2,1-6H3/t19?,21?,22-,23?,24?,26+,27-,28+/m1/s1. The molecule has 0 aromatic carbocycles. The molecular formula is C28H48O2. The summed E-state index contributed by atoms with van der Waals surface area (Å²) in [6.07, 6.45) is 15.4. The van der Waals surface area contributed by atoms with E-state index in [9.17, 15) is 10.2 Å². The van der Waals surface area contributed by atoms with Crippen LogP contribution >= 0.6 is 0 Å². The van der Waals surface area contributed by atoms with Gasteiger partial charge in [0.25, 0.3) is 0 Å². The minimum Gasteiger partial charge on any atom is -0.390 e. The summed E-state index contributed by atoms with van der Waals surface area (Å²) in [6, 6.07) is 0. The number of hydrogen-bond acceptors (Lipinski definition) is 2. The number of rotatable bonds is 5. The summed E-state index contributed by atoms with van der Waals surface area (Å²) in [4.78, 5) is 0. The van der Waals surface area contributed by atoms with E-state index in [-0.39, 0.29) is 0 Å². The number of fused-ring (bicyclic) bond motifs is 5. The lowest BCUT2D eigenvalue weighted by molar-refractivity contribution is -0.0761. The van der Waals surface area contributed by atoms with E-state index in [1.807, 2.05) is 13.8 Å². The largest absolute Gasteiger partial charge is 0.390 e. The Labute approximate surface area is 185 Å². The van der Waals surface area contributed by atoms with Crippen molar-refractivity contribution in [1.29, 1.82) is 0 Å². The molecule has 0 spiro atoms. The Balaban J connectivity index is 1.52. The van der Waals surface area contributed by atoms with Gasteiger partial charge in [-0.2, -0.15) is 0 Å². The number of aliphatic hydroxyl groups is 2. The molecule has 4 rings (SSSR count). The summed E-state index contributed by atoms with van der Waals surface area (Å²) >= 11 is 0. The van der Waals surface area contributed by atoms with Crippen LogP contribution in [0.1, 0.15) is 112 Å². The van der Waals surface area contributed by atoms with E-state index in [2.05, 4.69) is 33.8 Å². The molecular weight excluding hydrogens is 368 g/mol. The predicted octanol–water partition coefficient (Wildman–Crippen LogP) is 6.89. The normalized spacial score (nSPS) is 47.1. The third-order valence-electron chi connectivity index (χ3n) is 10.9. The van der Waals surface area contributed by atoms with E-state index < -0.39 is 11.2 Å². The predicted molar refractivity (Wildman–Crippen MR) is 125 cm³/mol. The molecule has 0 heterocycles. The second-order valence-corrected chi connectivity index (χ2v) is 13.1. The first-order valence-corrected chi connectivity index (χ1v) is 13.1. The van der Waals surface area contributed by atoms with E-state index in [0.717, 1.165) is 55.8 Å². The fourth-order valence-electron chi connectivity index (χ4n) is 8.77. The average molecular weight is 417 g/mol. The minimum absolute atomic E-state index is 0.330. The van der Waals surface area contributed by atoms with Crippen molar-refractivity contribution in [2.75, 3.05) is 0 Å². The summed E-state index contributed by atoms with van der Waals surface area (Å²) in [5, 5.41) is 21.2. The maximum Gasteiger partial charge on any atom is 0.0682 e. The van der Waals surface area contributed by atoms with Gasteiger partial charge in [0.15, 0.2) is 0 Å². The minimum atomic E-state index is -0.536. The van der Waals surface area contributed by atoms with E-state index >= 15 is 0 Å². The Bertz CT molecular complexity index is 675. The zero-order valence-electron chi connectivity index (χ0n) is 20.6. The topological polar surface area (TPSA) is 40.5 Å². The Morgan fingerprint density at radius 1 is 1.10 bits per heavy atom. The van der Waals surface area contributed by atoms with Crippen LogP contribution in [0.15, 0.2) is 11.6 Å². The summed E-state index contributed by atoms with van der Waals surface area (Å²) in [7, 11) is 0. The van der Waals surface area contributed by atoms with Gasteiger partial charge < -0.3 is 10.2 Å². The molecule has 4 aliphatic carbocycles. The van der Waals surface area contributed by atoms with E-state index in [4.69, 9.17) is 0 Å². The van der Waals surface area contributed by atoms with Crippen molar-refractivity contribution in [2.24, 2.45) is 40.4 Å². The highest BCUT2D eigenvalue weighted by Crippen LogP contribution is 2.67. The molecule has 2 heteroatoms. The number of allylic oxidation sites excluding steroid dienone is 1. The Kier molecular flexibility index (Phi) is 5.80. The molecule has 3 fully saturated rings. The van der Waals surface area contributed by atoms with Crippen molar-refractivity contribution < 1.29 is 10.2 Å². The first-order chi connectivity index (χ1) is 13.9. The maximum absolute atomic E-state index is 11.0. The van der Waals surface area contributed by atoms with Crippen LogP contribution in [0.4, 0.5) is 0 Å². The van der Waals surface area contributed by atoms with Gasteiger partial charge in [-0.1, -0.05) is 39.3 Å². The third-order valence-corrected chi connectivity index (χ3v) is 10.9. The molecule has 0 radical (unpaired) electrons. The molecule has 3 saturated carbocycles. The monoisotopic (exact) mass is 416 g/mol. The zero-order valence-corrected chi connectivity index (χ0v) is 20.6. The van der Waals surface area contributed by atoms with Crippen LogP contribution in [-0.2, 0) is 0 Å². The average Bonchev–Trinajstić information content (AvgIpc) is 3.03. The summed E-state index contributed by atoms with van der Waals surface area (Å²) in [5.74, 6) is 4.06.